The van der Waals surface area contributed by atoms with Gasteiger partial charge in [-0.3, -0.25) is 4.79 Å². The fourth-order valence-corrected chi connectivity index (χ4v) is 2.53. The van der Waals surface area contributed by atoms with Gasteiger partial charge in [-0.25, -0.2) is 0 Å². The van der Waals surface area contributed by atoms with Crippen LogP contribution >= 0.6 is 0 Å². The van der Waals surface area contributed by atoms with Crippen LogP contribution in [0.15, 0.2) is 47.1 Å². The number of hydrogen-bond acceptors (Lipinski definition) is 5. The van der Waals surface area contributed by atoms with Gasteiger partial charge in [-0.05, 0) is 29.8 Å². The normalized spacial score (nSPS) is 16.1. The maximum atomic E-state index is 11.8. The van der Waals surface area contributed by atoms with Gasteiger partial charge in [0, 0.05) is 25.3 Å². The summed E-state index contributed by atoms with van der Waals surface area (Å²) in [6, 6.07) is 11.0. The second-order valence-electron chi connectivity index (χ2n) is 5.39. The Morgan fingerprint density at radius 1 is 1.22 bits per heavy atom. The third-order valence-electron chi connectivity index (χ3n) is 3.86. The van der Waals surface area contributed by atoms with Gasteiger partial charge in [0.25, 0.3) is 5.91 Å². The number of aliphatic hydroxyl groups excluding tert-OH is 1. The van der Waals surface area contributed by atoms with Gasteiger partial charge < -0.3 is 24.5 Å². The highest BCUT2D eigenvalue weighted by Crippen LogP contribution is 2.20. The van der Waals surface area contributed by atoms with Crippen molar-refractivity contribution in [1.82, 2.24) is 5.32 Å². The van der Waals surface area contributed by atoms with E-state index < -0.39 is 6.10 Å². The third kappa shape index (κ3) is 3.91. The van der Waals surface area contributed by atoms with Crippen LogP contribution in [-0.4, -0.2) is 43.9 Å². The molecule has 2 aromatic rings. The maximum Gasteiger partial charge on any atom is 0.287 e. The predicted octanol–water partition coefficient (Wildman–Crippen LogP) is 1.58. The number of aliphatic hydroxyl groups is 1. The third-order valence-corrected chi connectivity index (χ3v) is 3.86. The lowest BCUT2D eigenvalue weighted by Crippen LogP contribution is -2.36. The number of amides is 1. The topological polar surface area (TPSA) is 74.9 Å². The minimum absolute atomic E-state index is 0.135. The van der Waals surface area contributed by atoms with Crippen molar-refractivity contribution >= 4 is 11.6 Å². The number of furan rings is 1. The van der Waals surface area contributed by atoms with Crippen molar-refractivity contribution in [3.8, 4) is 0 Å². The van der Waals surface area contributed by atoms with Crippen molar-refractivity contribution in [2.45, 2.75) is 6.10 Å². The lowest BCUT2D eigenvalue weighted by atomic mass is 10.1. The van der Waals surface area contributed by atoms with E-state index in [0.717, 1.165) is 37.6 Å². The molecule has 0 aliphatic carbocycles. The van der Waals surface area contributed by atoms with E-state index in [2.05, 4.69) is 10.2 Å². The molecule has 2 N–H and O–H groups in total. The summed E-state index contributed by atoms with van der Waals surface area (Å²) in [7, 11) is 0. The van der Waals surface area contributed by atoms with Crippen molar-refractivity contribution in [2.75, 3.05) is 37.7 Å². The molecule has 1 saturated heterocycles. The minimum atomic E-state index is -0.757. The molecular formula is C17H20N2O4. The van der Waals surface area contributed by atoms with E-state index in [4.69, 9.17) is 9.15 Å². The van der Waals surface area contributed by atoms with E-state index in [9.17, 15) is 9.90 Å². The Hall–Kier alpha value is -2.31. The molecule has 122 valence electrons. The highest BCUT2D eigenvalue weighted by Gasteiger charge is 2.14. The van der Waals surface area contributed by atoms with Crippen LogP contribution in [-0.2, 0) is 4.74 Å². The highest BCUT2D eigenvalue weighted by molar-refractivity contribution is 5.91. The number of benzene rings is 1. The van der Waals surface area contributed by atoms with Gasteiger partial charge in [-0.1, -0.05) is 12.1 Å². The summed E-state index contributed by atoms with van der Waals surface area (Å²) in [6.45, 7) is 3.37. The molecule has 3 rings (SSSR count). The SMILES string of the molecule is O=C(NCC(O)c1ccc(N2CCOCC2)cc1)c1ccco1. The largest absolute Gasteiger partial charge is 0.459 e. The minimum Gasteiger partial charge on any atom is -0.459 e. The maximum absolute atomic E-state index is 11.8. The van der Waals surface area contributed by atoms with Crippen LogP contribution in [0.4, 0.5) is 5.69 Å². The standard InChI is InChI=1S/C17H20N2O4/c20-15(12-18-17(21)16-2-1-9-23-16)13-3-5-14(6-4-13)19-7-10-22-11-8-19/h1-6,9,15,20H,7-8,10-12H2,(H,18,21). The Bertz CT molecular complexity index is 619. The monoisotopic (exact) mass is 316 g/mol. The average Bonchev–Trinajstić information content (AvgIpc) is 3.15. The summed E-state index contributed by atoms with van der Waals surface area (Å²) in [5.41, 5.74) is 1.88. The Morgan fingerprint density at radius 2 is 1.96 bits per heavy atom. The van der Waals surface area contributed by atoms with Gasteiger partial charge in [0.05, 0.1) is 25.6 Å². The number of carbonyl (C=O) groups is 1. The van der Waals surface area contributed by atoms with Crippen molar-refractivity contribution in [3.05, 3.63) is 54.0 Å². The van der Waals surface area contributed by atoms with E-state index in [1.54, 1.807) is 12.1 Å². The molecule has 1 amide bonds. The molecule has 0 spiro atoms. The van der Waals surface area contributed by atoms with Gasteiger partial charge in [0.2, 0.25) is 0 Å². The van der Waals surface area contributed by atoms with E-state index in [1.165, 1.54) is 6.26 Å². The number of nitrogens with zero attached hydrogens (tertiary/aromatic N) is 1. The first-order valence-electron chi connectivity index (χ1n) is 7.66. The molecular weight excluding hydrogens is 296 g/mol. The lowest BCUT2D eigenvalue weighted by molar-refractivity contribution is 0.0889. The summed E-state index contributed by atoms with van der Waals surface area (Å²) in [5.74, 6) is -0.0983. The summed E-state index contributed by atoms with van der Waals surface area (Å²) in [5, 5.41) is 12.8. The molecule has 1 unspecified atom stereocenters. The highest BCUT2D eigenvalue weighted by atomic mass is 16.5. The van der Waals surface area contributed by atoms with Crippen LogP contribution in [0.5, 0.6) is 0 Å². The van der Waals surface area contributed by atoms with Crippen molar-refractivity contribution in [3.63, 3.8) is 0 Å². The molecule has 6 nitrogen and oxygen atoms in total. The molecule has 0 radical (unpaired) electrons. The van der Waals surface area contributed by atoms with Crippen molar-refractivity contribution in [2.24, 2.45) is 0 Å². The molecule has 0 saturated carbocycles. The molecule has 2 heterocycles. The first-order valence-corrected chi connectivity index (χ1v) is 7.66. The molecule has 6 heteroatoms. The Kier molecular flexibility index (Phi) is 4.95. The van der Waals surface area contributed by atoms with E-state index in [-0.39, 0.29) is 18.2 Å². The number of carbonyl (C=O) groups excluding carboxylic acids is 1. The van der Waals surface area contributed by atoms with Crippen molar-refractivity contribution in [1.29, 1.82) is 0 Å². The Balaban J connectivity index is 1.55. The molecule has 1 atom stereocenters. The number of hydrogen-bond donors (Lipinski definition) is 2. The molecule has 1 aromatic heterocycles. The smallest absolute Gasteiger partial charge is 0.287 e. The molecule has 1 aromatic carbocycles. The van der Waals surface area contributed by atoms with Crippen LogP contribution in [0.25, 0.3) is 0 Å². The zero-order valence-corrected chi connectivity index (χ0v) is 12.8. The molecule has 1 fully saturated rings. The molecule has 0 bridgehead atoms. The van der Waals surface area contributed by atoms with Crippen LogP contribution in [0, 0.1) is 0 Å². The molecule has 1 aliphatic heterocycles. The summed E-state index contributed by atoms with van der Waals surface area (Å²) < 4.78 is 10.3. The van der Waals surface area contributed by atoms with E-state index in [1.807, 2.05) is 24.3 Å². The second kappa shape index (κ2) is 7.30. The number of rotatable bonds is 5. The number of morpholine rings is 1. The lowest BCUT2D eigenvalue weighted by Gasteiger charge is -2.29. The average molecular weight is 316 g/mol. The zero-order valence-electron chi connectivity index (χ0n) is 12.8. The summed E-state index contributed by atoms with van der Waals surface area (Å²) >= 11 is 0. The number of anilines is 1. The zero-order chi connectivity index (χ0) is 16.1. The van der Waals surface area contributed by atoms with E-state index in [0.29, 0.717) is 0 Å². The van der Waals surface area contributed by atoms with Crippen LogP contribution in [0.3, 0.4) is 0 Å². The number of ether oxygens (including phenoxy) is 1. The van der Waals surface area contributed by atoms with Crippen LogP contribution < -0.4 is 10.2 Å². The fraction of sp³-hybridized carbons (Fsp3) is 0.353. The van der Waals surface area contributed by atoms with Crippen molar-refractivity contribution < 1.29 is 19.1 Å². The first-order chi connectivity index (χ1) is 11.2. The Morgan fingerprint density at radius 3 is 2.61 bits per heavy atom. The quantitative estimate of drug-likeness (QED) is 0.876. The number of nitrogens with one attached hydrogen (secondary N) is 1. The summed E-state index contributed by atoms with van der Waals surface area (Å²) in [6.07, 6.45) is 0.683. The Labute approximate surface area is 134 Å². The van der Waals surface area contributed by atoms with Gasteiger partial charge in [0.15, 0.2) is 5.76 Å². The predicted molar refractivity (Wildman–Crippen MR) is 85.5 cm³/mol. The molecule has 1 aliphatic rings. The van der Waals surface area contributed by atoms with Gasteiger partial charge in [-0.2, -0.15) is 0 Å². The summed E-state index contributed by atoms with van der Waals surface area (Å²) in [4.78, 5) is 14.0. The van der Waals surface area contributed by atoms with Gasteiger partial charge in [0.1, 0.15) is 0 Å². The van der Waals surface area contributed by atoms with Gasteiger partial charge >= 0.3 is 0 Å². The van der Waals surface area contributed by atoms with Crippen LogP contribution in [0.1, 0.15) is 22.2 Å². The van der Waals surface area contributed by atoms with Crippen LogP contribution in [0.2, 0.25) is 0 Å². The van der Waals surface area contributed by atoms with Gasteiger partial charge in [-0.15, -0.1) is 0 Å². The first kappa shape index (κ1) is 15.6. The van der Waals surface area contributed by atoms with E-state index >= 15 is 0 Å². The second-order valence-corrected chi connectivity index (χ2v) is 5.39. The fourth-order valence-electron chi connectivity index (χ4n) is 2.53. The molecule has 23 heavy (non-hydrogen) atoms.